The molecule has 0 spiro atoms. The molecule has 0 aliphatic carbocycles. The maximum absolute atomic E-state index is 13.7. The highest BCUT2D eigenvalue weighted by atomic mass is 79.9. The SMILES string of the molecule is COc1cc(C)cc(C)c1C(N)c1ccc(F)c(F)c1Br. The van der Waals surface area contributed by atoms with Crippen LogP contribution in [0.15, 0.2) is 28.7 Å². The van der Waals surface area contributed by atoms with Crippen LogP contribution in [0.3, 0.4) is 0 Å². The minimum Gasteiger partial charge on any atom is -0.496 e. The Balaban J connectivity index is 2.60. The molecule has 0 bridgehead atoms. The van der Waals surface area contributed by atoms with Crippen molar-refractivity contribution >= 4 is 15.9 Å². The molecule has 0 radical (unpaired) electrons. The second-order valence-corrected chi connectivity index (χ2v) is 5.73. The molecule has 0 amide bonds. The molecule has 0 aromatic heterocycles. The molecule has 112 valence electrons. The molecule has 2 nitrogen and oxygen atoms in total. The lowest BCUT2D eigenvalue weighted by Gasteiger charge is -2.20. The predicted molar refractivity (Wildman–Crippen MR) is 82.6 cm³/mol. The standard InChI is InChI=1S/C16H16BrF2NO/c1-8-6-9(2)13(12(7-8)21-3)16(20)10-4-5-11(18)15(19)14(10)17/h4-7,16H,20H2,1-3H3. The first-order valence-electron chi connectivity index (χ1n) is 6.41. The van der Waals surface area contributed by atoms with Crippen LogP contribution in [-0.4, -0.2) is 7.11 Å². The normalized spacial score (nSPS) is 12.3. The summed E-state index contributed by atoms with van der Waals surface area (Å²) >= 11 is 3.08. The zero-order valence-corrected chi connectivity index (χ0v) is 13.6. The molecule has 1 atom stereocenters. The van der Waals surface area contributed by atoms with E-state index in [-0.39, 0.29) is 4.47 Å². The van der Waals surface area contributed by atoms with Crippen LogP contribution in [0.5, 0.6) is 5.75 Å². The van der Waals surface area contributed by atoms with Gasteiger partial charge in [-0.2, -0.15) is 0 Å². The van der Waals surface area contributed by atoms with Crippen molar-refractivity contribution in [2.75, 3.05) is 7.11 Å². The summed E-state index contributed by atoms with van der Waals surface area (Å²) in [5, 5.41) is 0. The van der Waals surface area contributed by atoms with Gasteiger partial charge in [0.1, 0.15) is 5.75 Å². The zero-order valence-electron chi connectivity index (χ0n) is 12.0. The van der Waals surface area contributed by atoms with Gasteiger partial charge in [0, 0.05) is 5.56 Å². The molecule has 0 aliphatic rings. The van der Waals surface area contributed by atoms with Crippen LogP contribution in [-0.2, 0) is 0 Å². The van der Waals surface area contributed by atoms with Crippen molar-refractivity contribution in [3.8, 4) is 5.75 Å². The van der Waals surface area contributed by atoms with Crippen LogP contribution < -0.4 is 10.5 Å². The Morgan fingerprint density at radius 3 is 2.48 bits per heavy atom. The number of benzene rings is 2. The first-order valence-corrected chi connectivity index (χ1v) is 7.20. The maximum atomic E-state index is 13.7. The predicted octanol–water partition coefficient (Wildman–Crippen LogP) is 4.40. The van der Waals surface area contributed by atoms with Gasteiger partial charge in [-0.3, -0.25) is 0 Å². The van der Waals surface area contributed by atoms with Crippen LogP contribution in [0.4, 0.5) is 8.78 Å². The monoisotopic (exact) mass is 355 g/mol. The van der Waals surface area contributed by atoms with Gasteiger partial charge < -0.3 is 10.5 Å². The average molecular weight is 356 g/mol. The molecule has 0 saturated carbocycles. The van der Waals surface area contributed by atoms with E-state index in [2.05, 4.69) is 15.9 Å². The summed E-state index contributed by atoms with van der Waals surface area (Å²) < 4.78 is 32.4. The van der Waals surface area contributed by atoms with Gasteiger partial charge >= 0.3 is 0 Å². The van der Waals surface area contributed by atoms with E-state index in [0.29, 0.717) is 11.3 Å². The number of methoxy groups -OCH3 is 1. The van der Waals surface area contributed by atoms with E-state index in [4.69, 9.17) is 10.5 Å². The van der Waals surface area contributed by atoms with E-state index in [1.807, 2.05) is 26.0 Å². The summed E-state index contributed by atoms with van der Waals surface area (Å²) in [7, 11) is 1.56. The zero-order chi connectivity index (χ0) is 15.7. The molecular weight excluding hydrogens is 340 g/mol. The van der Waals surface area contributed by atoms with Gasteiger partial charge in [-0.25, -0.2) is 8.78 Å². The lowest BCUT2D eigenvalue weighted by Crippen LogP contribution is -2.16. The van der Waals surface area contributed by atoms with Crippen molar-refractivity contribution in [2.45, 2.75) is 19.9 Å². The van der Waals surface area contributed by atoms with Crippen molar-refractivity contribution in [2.24, 2.45) is 5.73 Å². The van der Waals surface area contributed by atoms with E-state index in [9.17, 15) is 8.78 Å². The molecule has 2 rings (SSSR count). The molecule has 0 heterocycles. The number of nitrogens with two attached hydrogens (primary N) is 1. The van der Waals surface area contributed by atoms with Crippen LogP contribution in [0.2, 0.25) is 0 Å². The average Bonchev–Trinajstić information content (AvgIpc) is 2.43. The first-order chi connectivity index (χ1) is 9.86. The van der Waals surface area contributed by atoms with Gasteiger partial charge in [0.25, 0.3) is 0 Å². The van der Waals surface area contributed by atoms with Crippen molar-refractivity contribution in [3.05, 3.63) is 62.6 Å². The highest BCUT2D eigenvalue weighted by Gasteiger charge is 2.22. The Morgan fingerprint density at radius 1 is 1.19 bits per heavy atom. The van der Waals surface area contributed by atoms with E-state index in [0.717, 1.165) is 22.8 Å². The fourth-order valence-electron chi connectivity index (χ4n) is 2.44. The maximum Gasteiger partial charge on any atom is 0.173 e. The fraction of sp³-hybridized carbons (Fsp3) is 0.250. The fourth-order valence-corrected chi connectivity index (χ4v) is 3.01. The van der Waals surface area contributed by atoms with E-state index in [1.165, 1.54) is 6.07 Å². The molecule has 2 aromatic carbocycles. The van der Waals surface area contributed by atoms with Crippen LogP contribution >= 0.6 is 15.9 Å². The van der Waals surface area contributed by atoms with E-state index < -0.39 is 17.7 Å². The molecule has 5 heteroatoms. The molecule has 0 aliphatic heterocycles. The van der Waals surface area contributed by atoms with Gasteiger partial charge in [0.05, 0.1) is 17.6 Å². The van der Waals surface area contributed by atoms with Crippen molar-refractivity contribution in [1.29, 1.82) is 0 Å². The van der Waals surface area contributed by atoms with Crippen LogP contribution in [0.25, 0.3) is 0 Å². The van der Waals surface area contributed by atoms with Gasteiger partial charge in [0.15, 0.2) is 11.6 Å². The topological polar surface area (TPSA) is 35.2 Å². The second-order valence-electron chi connectivity index (χ2n) is 4.94. The lowest BCUT2D eigenvalue weighted by atomic mass is 9.93. The highest BCUT2D eigenvalue weighted by molar-refractivity contribution is 9.10. The Labute approximate surface area is 131 Å². The number of rotatable bonds is 3. The van der Waals surface area contributed by atoms with Gasteiger partial charge in [-0.15, -0.1) is 0 Å². The lowest BCUT2D eigenvalue weighted by molar-refractivity contribution is 0.406. The Hall–Kier alpha value is -1.46. The van der Waals surface area contributed by atoms with Crippen LogP contribution in [0.1, 0.15) is 28.3 Å². The van der Waals surface area contributed by atoms with Crippen molar-refractivity contribution in [3.63, 3.8) is 0 Å². The summed E-state index contributed by atoms with van der Waals surface area (Å²) in [4.78, 5) is 0. The minimum atomic E-state index is -0.938. The number of hydrogen-bond donors (Lipinski definition) is 1. The third-order valence-corrected chi connectivity index (χ3v) is 4.23. The van der Waals surface area contributed by atoms with Crippen molar-refractivity contribution in [1.82, 2.24) is 0 Å². The third kappa shape index (κ3) is 2.94. The van der Waals surface area contributed by atoms with Crippen molar-refractivity contribution < 1.29 is 13.5 Å². The van der Waals surface area contributed by atoms with E-state index in [1.54, 1.807) is 7.11 Å². The van der Waals surface area contributed by atoms with Gasteiger partial charge in [-0.1, -0.05) is 12.1 Å². The minimum absolute atomic E-state index is 0.0389. The second kappa shape index (κ2) is 6.12. The largest absolute Gasteiger partial charge is 0.496 e. The Morgan fingerprint density at radius 2 is 1.86 bits per heavy atom. The molecule has 2 aromatic rings. The molecular formula is C16H16BrF2NO. The summed E-state index contributed by atoms with van der Waals surface area (Å²) in [5.74, 6) is -1.21. The number of halogens is 3. The third-order valence-electron chi connectivity index (χ3n) is 3.42. The van der Waals surface area contributed by atoms with Gasteiger partial charge in [0.2, 0.25) is 0 Å². The molecule has 1 unspecified atom stereocenters. The summed E-state index contributed by atoms with van der Waals surface area (Å²) in [5.41, 5.74) is 9.48. The first kappa shape index (κ1) is 15.9. The highest BCUT2D eigenvalue weighted by Crippen LogP contribution is 2.36. The summed E-state index contributed by atoms with van der Waals surface area (Å²) in [6.45, 7) is 3.87. The quantitative estimate of drug-likeness (QED) is 0.828. The molecule has 2 N–H and O–H groups in total. The molecule has 0 fully saturated rings. The smallest absolute Gasteiger partial charge is 0.173 e. The molecule has 21 heavy (non-hydrogen) atoms. The Bertz CT molecular complexity index is 688. The van der Waals surface area contributed by atoms with Crippen LogP contribution in [0, 0.1) is 25.5 Å². The summed E-state index contributed by atoms with van der Waals surface area (Å²) in [6.07, 6.45) is 0. The molecule has 0 saturated heterocycles. The van der Waals surface area contributed by atoms with E-state index >= 15 is 0 Å². The number of ether oxygens (including phenoxy) is 1. The van der Waals surface area contributed by atoms with Gasteiger partial charge in [-0.05, 0) is 58.6 Å². The number of aryl methyl sites for hydroxylation is 2. The number of hydrogen-bond acceptors (Lipinski definition) is 2. The Kier molecular flexibility index (Phi) is 4.64. The summed E-state index contributed by atoms with van der Waals surface area (Å²) in [6, 6.07) is 5.78.